The molecule has 2 saturated heterocycles. The molecule has 9 nitrogen and oxygen atoms in total. The fourth-order valence-electron chi connectivity index (χ4n) is 5.14. The first-order valence-electron chi connectivity index (χ1n) is 12.5. The van der Waals surface area contributed by atoms with E-state index < -0.39 is 16.1 Å². The molecule has 1 aromatic heterocycles. The van der Waals surface area contributed by atoms with Crippen molar-refractivity contribution in [2.24, 2.45) is 11.7 Å². The second-order valence-electron chi connectivity index (χ2n) is 10.8. The van der Waals surface area contributed by atoms with Crippen molar-refractivity contribution in [1.29, 1.82) is 0 Å². The number of rotatable bonds is 7. The summed E-state index contributed by atoms with van der Waals surface area (Å²) in [5.41, 5.74) is 7.44. The van der Waals surface area contributed by atoms with Crippen LogP contribution in [-0.2, 0) is 10.2 Å². The first-order chi connectivity index (χ1) is 16.9. The maximum Gasteiger partial charge on any atom is 0.304 e. The minimum absolute atomic E-state index is 0.0744. The number of nitrogens with two attached hydrogens (primary N) is 1. The van der Waals surface area contributed by atoms with Crippen molar-refractivity contribution in [2.45, 2.75) is 65.1 Å². The molecule has 2 aliphatic heterocycles. The Hall–Kier alpha value is -2.69. The highest BCUT2D eigenvalue weighted by molar-refractivity contribution is 7.87. The van der Waals surface area contributed by atoms with Gasteiger partial charge in [-0.05, 0) is 82.9 Å². The largest absolute Gasteiger partial charge is 0.491 e. The molecule has 0 saturated carbocycles. The fourth-order valence-corrected chi connectivity index (χ4v) is 6.34. The van der Waals surface area contributed by atoms with E-state index in [1.54, 1.807) is 12.1 Å². The summed E-state index contributed by atoms with van der Waals surface area (Å²) in [5, 5.41) is 0. The predicted molar refractivity (Wildman–Crippen MR) is 141 cm³/mol. The summed E-state index contributed by atoms with van der Waals surface area (Å²) in [4.78, 5) is 20.4. The van der Waals surface area contributed by atoms with Crippen LogP contribution in [0.15, 0.2) is 36.4 Å². The molecule has 2 aliphatic rings. The van der Waals surface area contributed by atoms with E-state index in [-0.39, 0.29) is 29.8 Å². The molecule has 2 aromatic rings. The Morgan fingerprint density at radius 2 is 1.86 bits per heavy atom. The summed E-state index contributed by atoms with van der Waals surface area (Å²) >= 11 is 0. The van der Waals surface area contributed by atoms with Crippen molar-refractivity contribution in [3.63, 3.8) is 0 Å². The van der Waals surface area contributed by atoms with Gasteiger partial charge in [0.2, 0.25) is 0 Å². The Morgan fingerprint density at radius 3 is 2.42 bits per heavy atom. The zero-order chi connectivity index (χ0) is 26.3. The molecule has 4 rings (SSSR count). The predicted octanol–water partition coefficient (Wildman–Crippen LogP) is 3.17. The van der Waals surface area contributed by atoms with Crippen molar-refractivity contribution < 1.29 is 17.9 Å². The van der Waals surface area contributed by atoms with Crippen LogP contribution in [0.4, 0.5) is 5.82 Å². The molecular formula is C26H37N5O4S. The molecule has 1 amide bonds. The minimum atomic E-state index is -4.00. The monoisotopic (exact) mass is 515 g/mol. The number of hydrogen-bond acceptors (Lipinski definition) is 7. The summed E-state index contributed by atoms with van der Waals surface area (Å²) in [5.74, 6) is 0.964. The first kappa shape index (κ1) is 26.4. The molecule has 3 heterocycles. The molecule has 3 N–H and O–H groups in total. The van der Waals surface area contributed by atoms with Gasteiger partial charge in [0, 0.05) is 36.8 Å². The van der Waals surface area contributed by atoms with Gasteiger partial charge in [-0.3, -0.25) is 4.79 Å². The Kier molecular flexibility index (Phi) is 7.32. The highest BCUT2D eigenvalue weighted by atomic mass is 32.2. The lowest BCUT2D eigenvalue weighted by atomic mass is 9.97. The van der Waals surface area contributed by atoms with Crippen molar-refractivity contribution in [2.75, 3.05) is 24.5 Å². The molecule has 0 radical (unpaired) electrons. The van der Waals surface area contributed by atoms with Crippen LogP contribution in [0.1, 0.15) is 57.8 Å². The number of aromatic nitrogens is 1. The number of carbonyl (C=O) groups is 1. The van der Waals surface area contributed by atoms with Crippen LogP contribution in [0.3, 0.4) is 0 Å². The fraction of sp³-hybridized carbons (Fsp3) is 0.538. The Morgan fingerprint density at radius 1 is 1.17 bits per heavy atom. The van der Waals surface area contributed by atoms with Gasteiger partial charge < -0.3 is 15.4 Å². The van der Waals surface area contributed by atoms with Crippen LogP contribution in [-0.4, -0.2) is 60.9 Å². The first-order valence-corrected chi connectivity index (χ1v) is 13.9. The van der Waals surface area contributed by atoms with Crippen LogP contribution in [0.2, 0.25) is 0 Å². The number of benzene rings is 1. The molecule has 2 atom stereocenters. The van der Waals surface area contributed by atoms with Gasteiger partial charge in [-0.2, -0.15) is 12.7 Å². The van der Waals surface area contributed by atoms with Gasteiger partial charge in [-0.25, -0.2) is 9.71 Å². The average molecular weight is 516 g/mol. The maximum absolute atomic E-state index is 13.3. The minimum Gasteiger partial charge on any atom is -0.491 e. The van der Waals surface area contributed by atoms with Crippen molar-refractivity contribution in [3.05, 3.63) is 42.0 Å². The van der Waals surface area contributed by atoms with Crippen molar-refractivity contribution >= 4 is 21.9 Å². The van der Waals surface area contributed by atoms with Gasteiger partial charge in [-0.15, -0.1) is 0 Å². The number of pyridine rings is 1. The zero-order valence-corrected chi connectivity index (χ0v) is 22.5. The van der Waals surface area contributed by atoms with Crippen LogP contribution in [0.25, 0.3) is 11.3 Å². The second-order valence-corrected chi connectivity index (χ2v) is 12.5. The summed E-state index contributed by atoms with van der Waals surface area (Å²) in [6.45, 7) is 11.6. The number of nitrogens with one attached hydrogen (secondary N) is 1. The van der Waals surface area contributed by atoms with E-state index in [1.165, 1.54) is 4.31 Å². The van der Waals surface area contributed by atoms with Gasteiger partial charge in [0.05, 0.1) is 17.4 Å². The van der Waals surface area contributed by atoms with Crippen molar-refractivity contribution in [1.82, 2.24) is 14.0 Å². The van der Waals surface area contributed by atoms with E-state index in [1.807, 2.05) is 38.1 Å². The molecule has 0 aliphatic carbocycles. The quantitative estimate of drug-likeness (QED) is 0.581. The molecule has 2 fully saturated rings. The van der Waals surface area contributed by atoms with Gasteiger partial charge in [0.15, 0.2) is 0 Å². The highest BCUT2D eigenvalue weighted by Gasteiger charge is 2.40. The van der Waals surface area contributed by atoms with E-state index in [2.05, 4.69) is 30.4 Å². The molecule has 10 heteroatoms. The number of hydrogen-bond donors (Lipinski definition) is 2. The van der Waals surface area contributed by atoms with Gasteiger partial charge in [0.1, 0.15) is 11.6 Å². The maximum atomic E-state index is 13.3. The summed E-state index contributed by atoms with van der Waals surface area (Å²) in [6, 6.07) is 10.8. The van der Waals surface area contributed by atoms with Gasteiger partial charge in [-0.1, -0.05) is 6.92 Å². The number of anilines is 1. The lowest BCUT2D eigenvalue weighted by Crippen LogP contribution is -2.44. The second kappa shape index (κ2) is 9.99. The lowest BCUT2D eigenvalue weighted by molar-refractivity contribution is 0.0979. The summed E-state index contributed by atoms with van der Waals surface area (Å²) in [6.07, 6.45) is 1.58. The SMILES string of the molecule is CC(C)Oc1ccc(-c2ccc(C(=O)NS(=O)(=O)N3CC[C@@H](N)C3)c(N3C[C@@H](C)CC3(C)C)n2)cc1. The molecule has 1 aromatic carbocycles. The molecule has 196 valence electrons. The summed E-state index contributed by atoms with van der Waals surface area (Å²) < 4.78 is 34.9. The smallest absolute Gasteiger partial charge is 0.304 e. The van der Waals surface area contributed by atoms with Crippen LogP contribution in [0, 0.1) is 5.92 Å². The lowest BCUT2D eigenvalue weighted by Gasteiger charge is -2.34. The Labute approximate surface area is 214 Å². The Balaban J connectivity index is 1.69. The normalized spacial score (nSPS) is 22.2. The van der Waals surface area contributed by atoms with Crippen molar-refractivity contribution in [3.8, 4) is 17.0 Å². The molecule has 36 heavy (non-hydrogen) atoms. The molecule has 0 unspecified atom stereocenters. The van der Waals surface area contributed by atoms with Crippen LogP contribution < -0.4 is 20.1 Å². The average Bonchev–Trinajstić information content (AvgIpc) is 3.35. The van der Waals surface area contributed by atoms with E-state index in [0.717, 1.165) is 24.3 Å². The third-order valence-electron chi connectivity index (χ3n) is 6.72. The van der Waals surface area contributed by atoms with Crippen LogP contribution >= 0.6 is 0 Å². The van der Waals surface area contributed by atoms with E-state index >= 15 is 0 Å². The number of carbonyl (C=O) groups excluding carboxylic acids is 1. The van der Waals surface area contributed by atoms with Crippen LogP contribution in [0.5, 0.6) is 5.75 Å². The molecule has 0 spiro atoms. The van der Waals surface area contributed by atoms with E-state index in [0.29, 0.717) is 30.4 Å². The molecule has 0 bridgehead atoms. The van der Waals surface area contributed by atoms with E-state index in [4.69, 9.17) is 15.5 Å². The Bertz CT molecular complexity index is 1210. The third-order valence-corrected chi connectivity index (χ3v) is 8.17. The number of amides is 1. The third kappa shape index (κ3) is 5.66. The zero-order valence-electron chi connectivity index (χ0n) is 21.7. The highest BCUT2D eigenvalue weighted by Crippen LogP contribution is 2.38. The van der Waals surface area contributed by atoms with Gasteiger partial charge >= 0.3 is 10.2 Å². The van der Waals surface area contributed by atoms with Gasteiger partial charge in [0.25, 0.3) is 5.91 Å². The standard InChI is InChI=1S/C26H37N5O4S/c1-17(2)35-21-8-6-19(7-9-21)23-11-10-22(24(28-23)31-15-18(3)14-26(31,4)5)25(32)29-36(33,34)30-13-12-20(27)16-30/h6-11,17-18,20H,12-16,27H2,1-5H3,(H,29,32)/t18-,20+/m0/s1. The summed E-state index contributed by atoms with van der Waals surface area (Å²) in [7, 11) is -4.00. The number of ether oxygens (including phenoxy) is 1. The molecular weight excluding hydrogens is 478 g/mol. The topological polar surface area (TPSA) is 118 Å². The number of nitrogens with zero attached hydrogens (tertiary/aromatic N) is 3. The van der Waals surface area contributed by atoms with E-state index in [9.17, 15) is 13.2 Å².